The average Bonchev–Trinajstić information content (AvgIpc) is 2.74. The summed E-state index contributed by atoms with van der Waals surface area (Å²) in [5.41, 5.74) is -1.82. The number of hydrogen-bond donors (Lipinski definition) is 2. The molecular weight excluding hydrogens is 288 g/mol. The van der Waals surface area contributed by atoms with E-state index in [2.05, 4.69) is 6.58 Å². The van der Waals surface area contributed by atoms with Crippen molar-refractivity contribution < 1.29 is 29.3 Å². The summed E-state index contributed by atoms with van der Waals surface area (Å²) in [5.74, 6) is -2.67. The highest BCUT2D eigenvalue weighted by atomic mass is 16.6. The van der Waals surface area contributed by atoms with E-state index in [-0.39, 0.29) is 12.0 Å². The molecule has 0 aromatic heterocycles. The van der Waals surface area contributed by atoms with Crippen LogP contribution in [0.2, 0.25) is 0 Å². The fourth-order valence-corrected chi connectivity index (χ4v) is 4.50. The molecule has 0 unspecified atom stereocenters. The number of carbonyl (C=O) groups excluding carboxylic acids is 2. The number of carbonyl (C=O) groups is 2. The molecule has 22 heavy (non-hydrogen) atoms. The van der Waals surface area contributed by atoms with Crippen LogP contribution in [0.15, 0.2) is 23.8 Å². The fourth-order valence-electron chi connectivity index (χ4n) is 4.50. The Morgan fingerprint density at radius 2 is 2.18 bits per heavy atom. The van der Waals surface area contributed by atoms with Crippen molar-refractivity contribution in [2.75, 3.05) is 7.11 Å². The zero-order valence-corrected chi connectivity index (χ0v) is 12.8. The van der Waals surface area contributed by atoms with Crippen molar-refractivity contribution in [1.82, 2.24) is 0 Å². The summed E-state index contributed by atoms with van der Waals surface area (Å²) in [7, 11) is 1.25. The van der Waals surface area contributed by atoms with Crippen molar-refractivity contribution in [3.8, 4) is 0 Å². The molecule has 2 bridgehead atoms. The minimum atomic E-state index is -1.49. The second-order valence-corrected chi connectivity index (χ2v) is 6.64. The van der Waals surface area contributed by atoms with Crippen LogP contribution in [0, 0.1) is 17.3 Å². The molecule has 4 rings (SSSR count). The molecule has 120 valence electrons. The topological polar surface area (TPSA) is 93.1 Å². The molecule has 0 aromatic rings. The highest BCUT2D eigenvalue weighted by molar-refractivity contribution is 5.93. The molecule has 6 nitrogen and oxygen atoms in total. The van der Waals surface area contributed by atoms with Gasteiger partial charge in [0, 0.05) is 11.5 Å². The Labute approximate surface area is 128 Å². The van der Waals surface area contributed by atoms with Crippen LogP contribution >= 0.6 is 0 Å². The normalized spacial score (nSPS) is 45.9. The number of esters is 2. The molecule has 0 amide bonds. The first-order valence-electron chi connectivity index (χ1n) is 7.25. The average molecular weight is 308 g/mol. The molecule has 0 aromatic carbocycles. The van der Waals surface area contributed by atoms with Crippen LogP contribution in [0.25, 0.3) is 0 Å². The van der Waals surface area contributed by atoms with Crippen LogP contribution in [0.3, 0.4) is 0 Å². The van der Waals surface area contributed by atoms with Crippen molar-refractivity contribution in [2.45, 2.75) is 38.1 Å². The van der Waals surface area contributed by atoms with Crippen LogP contribution in [-0.4, -0.2) is 47.1 Å². The van der Waals surface area contributed by atoms with E-state index < -0.39 is 47.0 Å². The first kappa shape index (κ1) is 15.2. The number of fused-ring (bicyclic) bond motifs is 2. The van der Waals surface area contributed by atoms with Crippen LogP contribution in [-0.2, 0) is 19.1 Å². The van der Waals surface area contributed by atoms with Gasteiger partial charge in [-0.05, 0) is 20.3 Å². The fraction of sp³-hybridized carbons (Fsp3) is 0.625. The summed E-state index contributed by atoms with van der Waals surface area (Å²) < 4.78 is 10.1. The Bertz CT molecular complexity index is 608. The Hall–Kier alpha value is -1.66. The summed E-state index contributed by atoms with van der Waals surface area (Å²) in [4.78, 5) is 24.3. The van der Waals surface area contributed by atoms with E-state index >= 15 is 0 Å². The molecule has 1 saturated carbocycles. The van der Waals surface area contributed by atoms with Crippen LogP contribution in [0.1, 0.15) is 20.3 Å². The smallest absolute Gasteiger partial charge is 0.334 e. The SMILES string of the molecule is C=C(C)[C@@H]1[C@@H](O)[C@H]2OC(=O)[C@@H]1[C@]1(O)CC=C(C(=O)OC)[C@]21C. The minimum Gasteiger partial charge on any atom is -0.466 e. The van der Waals surface area contributed by atoms with Crippen molar-refractivity contribution in [3.05, 3.63) is 23.8 Å². The van der Waals surface area contributed by atoms with Gasteiger partial charge in [-0.2, -0.15) is 0 Å². The van der Waals surface area contributed by atoms with Gasteiger partial charge in [0.15, 0.2) is 0 Å². The van der Waals surface area contributed by atoms with Crippen molar-refractivity contribution in [3.63, 3.8) is 0 Å². The van der Waals surface area contributed by atoms with Crippen LogP contribution in [0.5, 0.6) is 0 Å². The third-order valence-electron chi connectivity index (χ3n) is 5.67. The van der Waals surface area contributed by atoms with Crippen molar-refractivity contribution in [2.24, 2.45) is 17.3 Å². The van der Waals surface area contributed by atoms with E-state index in [1.54, 1.807) is 19.9 Å². The van der Waals surface area contributed by atoms with Gasteiger partial charge in [-0.15, -0.1) is 0 Å². The predicted molar refractivity (Wildman–Crippen MR) is 75.5 cm³/mol. The maximum absolute atomic E-state index is 12.3. The lowest BCUT2D eigenvalue weighted by Crippen LogP contribution is -2.74. The molecule has 2 N–H and O–H groups in total. The van der Waals surface area contributed by atoms with Gasteiger partial charge in [0.05, 0.1) is 30.1 Å². The summed E-state index contributed by atoms with van der Waals surface area (Å²) in [5, 5.41) is 21.9. The number of hydrogen-bond acceptors (Lipinski definition) is 6. The number of ether oxygens (including phenoxy) is 2. The lowest BCUT2D eigenvalue weighted by molar-refractivity contribution is -0.275. The molecule has 6 atom stereocenters. The van der Waals surface area contributed by atoms with Gasteiger partial charge in [0.2, 0.25) is 0 Å². The standard InChI is InChI=1S/C16H20O6/c1-7(2)9-10-14(19)22-12(11(9)17)15(3)8(13(18)21-4)5-6-16(10,15)20/h5,9-12,17,20H,1,6H2,2-4H3/t9-,10+,11+,12+,15+,16+/m0/s1. The number of methoxy groups -OCH3 is 1. The molecule has 2 heterocycles. The maximum Gasteiger partial charge on any atom is 0.334 e. The quantitative estimate of drug-likeness (QED) is 0.564. The Balaban J connectivity index is 2.16. The van der Waals surface area contributed by atoms with E-state index in [0.717, 1.165) is 0 Å². The van der Waals surface area contributed by atoms with Gasteiger partial charge in [-0.1, -0.05) is 18.2 Å². The summed E-state index contributed by atoms with van der Waals surface area (Å²) in [6.07, 6.45) is -0.302. The van der Waals surface area contributed by atoms with E-state index in [0.29, 0.717) is 5.57 Å². The Morgan fingerprint density at radius 3 is 2.73 bits per heavy atom. The first-order valence-corrected chi connectivity index (χ1v) is 7.25. The molecule has 2 aliphatic heterocycles. The van der Waals surface area contributed by atoms with Gasteiger partial charge >= 0.3 is 11.9 Å². The van der Waals surface area contributed by atoms with Gasteiger partial charge in [0.1, 0.15) is 6.10 Å². The Morgan fingerprint density at radius 1 is 1.55 bits per heavy atom. The van der Waals surface area contributed by atoms with Crippen LogP contribution in [0.4, 0.5) is 0 Å². The largest absolute Gasteiger partial charge is 0.466 e. The number of aliphatic hydroxyl groups is 2. The van der Waals surface area contributed by atoms with E-state index in [1.165, 1.54) is 7.11 Å². The predicted octanol–water partition coefficient (Wildman–Crippen LogP) is 0.335. The lowest BCUT2D eigenvalue weighted by atomic mass is 9.50. The highest BCUT2D eigenvalue weighted by Crippen LogP contribution is 2.63. The third-order valence-corrected chi connectivity index (χ3v) is 5.67. The first-order chi connectivity index (χ1) is 10.2. The molecule has 0 radical (unpaired) electrons. The molecular formula is C16H20O6. The van der Waals surface area contributed by atoms with Gasteiger partial charge in [-0.25, -0.2) is 4.79 Å². The summed E-state index contributed by atoms with van der Waals surface area (Å²) >= 11 is 0. The molecule has 6 heteroatoms. The van der Waals surface area contributed by atoms with E-state index in [9.17, 15) is 19.8 Å². The van der Waals surface area contributed by atoms with Crippen LogP contribution < -0.4 is 0 Å². The van der Waals surface area contributed by atoms with E-state index in [4.69, 9.17) is 9.47 Å². The maximum atomic E-state index is 12.3. The Kier molecular flexibility index (Phi) is 3.07. The highest BCUT2D eigenvalue weighted by Gasteiger charge is 2.75. The van der Waals surface area contributed by atoms with Gasteiger partial charge in [-0.3, -0.25) is 4.79 Å². The monoisotopic (exact) mass is 308 g/mol. The molecule has 0 spiro atoms. The van der Waals surface area contributed by atoms with Gasteiger partial charge in [0.25, 0.3) is 0 Å². The number of rotatable bonds is 2. The van der Waals surface area contributed by atoms with Crippen molar-refractivity contribution in [1.29, 1.82) is 0 Å². The molecule has 2 saturated heterocycles. The second-order valence-electron chi connectivity index (χ2n) is 6.64. The minimum absolute atomic E-state index is 0.140. The number of aliphatic hydroxyl groups excluding tert-OH is 1. The zero-order chi connectivity index (χ0) is 16.4. The van der Waals surface area contributed by atoms with Crippen molar-refractivity contribution >= 4 is 11.9 Å². The summed E-state index contributed by atoms with van der Waals surface area (Å²) in [6.45, 7) is 7.19. The molecule has 2 aliphatic carbocycles. The lowest BCUT2D eigenvalue weighted by Gasteiger charge is -2.61. The molecule has 4 aliphatic rings. The van der Waals surface area contributed by atoms with Gasteiger partial charge < -0.3 is 19.7 Å². The summed E-state index contributed by atoms with van der Waals surface area (Å²) in [6, 6.07) is 0. The zero-order valence-electron chi connectivity index (χ0n) is 12.8. The second kappa shape index (κ2) is 4.43. The third kappa shape index (κ3) is 1.47. The molecule has 3 fully saturated rings. The van der Waals surface area contributed by atoms with E-state index in [1.807, 2.05) is 0 Å².